The number of benzene rings is 2. The van der Waals surface area contributed by atoms with Crippen LogP contribution in [-0.2, 0) is 9.47 Å². The van der Waals surface area contributed by atoms with Gasteiger partial charge in [0.1, 0.15) is 5.75 Å². The summed E-state index contributed by atoms with van der Waals surface area (Å²) in [6.45, 7) is 1.53. The molecule has 2 heterocycles. The van der Waals surface area contributed by atoms with Crippen LogP contribution in [0.4, 0.5) is 0 Å². The summed E-state index contributed by atoms with van der Waals surface area (Å²) in [5.41, 5.74) is 2.47. The summed E-state index contributed by atoms with van der Waals surface area (Å²) in [5, 5.41) is 0. The van der Waals surface area contributed by atoms with Crippen LogP contribution >= 0.6 is 0 Å². The average molecular weight is 296 g/mol. The highest BCUT2D eigenvalue weighted by Crippen LogP contribution is 2.50. The number of hydrogen-bond donors (Lipinski definition) is 0. The Morgan fingerprint density at radius 1 is 0.773 bits per heavy atom. The molecule has 2 aliphatic rings. The summed E-state index contributed by atoms with van der Waals surface area (Å²) >= 11 is 0. The molecule has 4 atom stereocenters. The Labute approximate surface area is 130 Å². The molecule has 0 N–H and O–H groups in total. The average Bonchev–Trinajstić information content (AvgIpc) is 3.17. The first-order valence-electron chi connectivity index (χ1n) is 7.79. The van der Waals surface area contributed by atoms with Crippen molar-refractivity contribution in [3.05, 3.63) is 65.7 Å². The van der Waals surface area contributed by atoms with E-state index in [4.69, 9.17) is 14.2 Å². The highest BCUT2D eigenvalue weighted by atomic mass is 16.5. The molecule has 22 heavy (non-hydrogen) atoms. The van der Waals surface area contributed by atoms with Gasteiger partial charge >= 0.3 is 0 Å². The van der Waals surface area contributed by atoms with E-state index in [0.29, 0.717) is 11.8 Å². The maximum Gasteiger partial charge on any atom is 0.118 e. The Kier molecular flexibility index (Phi) is 3.60. The molecule has 0 unspecified atom stereocenters. The van der Waals surface area contributed by atoms with Gasteiger partial charge in [-0.05, 0) is 23.3 Å². The quantitative estimate of drug-likeness (QED) is 0.863. The van der Waals surface area contributed by atoms with E-state index in [9.17, 15) is 0 Å². The van der Waals surface area contributed by atoms with Gasteiger partial charge in [0.25, 0.3) is 0 Å². The third-order valence-electron chi connectivity index (χ3n) is 4.84. The van der Waals surface area contributed by atoms with Crippen molar-refractivity contribution in [3.8, 4) is 5.75 Å². The lowest BCUT2D eigenvalue weighted by Gasteiger charge is -2.17. The van der Waals surface area contributed by atoms with Crippen LogP contribution in [0.15, 0.2) is 54.6 Å². The van der Waals surface area contributed by atoms with Gasteiger partial charge in [0, 0.05) is 11.8 Å². The molecule has 3 nitrogen and oxygen atoms in total. The maximum absolute atomic E-state index is 6.11. The van der Waals surface area contributed by atoms with E-state index in [-0.39, 0.29) is 12.2 Å². The van der Waals surface area contributed by atoms with Crippen molar-refractivity contribution in [1.82, 2.24) is 0 Å². The van der Waals surface area contributed by atoms with Crippen molar-refractivity contribution in [3.63, 3.8) is 0 Å². The number of rotatable bonds is 3. The smallest absolute Gasteiger partial charge is 0.118 e. The van der Waals surface area contributed by atoms with Gasteiger partial charge in [-0.15, -0.1) is 0 Å². The zero-order valence-electron chi connectivity index (χ0n) is 12.6. The van der Waals surface area contributed by atoms with Crippen molar-refractivity contribution < 1.29 is 14.2 Å². The summed E-state index contributed by atoms with van der Waals surface area (Å²) in [6.07, 6.45) is 0.291. The van der Waals surface area contributed by atoms with Crippen molar-refractivity contribution in [2.75, 3.05) is 20.3 Å². The fraction of sp³-hybridized carbons (Fsp3) is 0.368. The second-order valence-electron chi connectivity index (χ2n) is 6.02. The fourth-order valence-electron chi connectivity index (χ4n) is 3.67. The van der Waals surface area contributed by atoms with Gasteiger partial charge in [-0.3, -0.25) is 0 Å². The molecule has 2 fully saturated rings. The number of methoxy groups -OCH3 is 1. The molecule has 2 aromatic rings. The third kappa shape index (κ3) is 2.31. The minimum Gasteiger partial charge on any atom is -0.497 e. The lowest BCUT2D eigenvalue weighted by Crippen LogP contribution is -2.14. The van der Waals surface area contributed by atoms with Crippen molar-refractivity contribution in [1.29, 1.82) is 0 Å². The largest absolute Gasteiger partial charge is 0.497 e. The molecule has 0 radical (unpaired) electrons. The molecule has 0 aliphatic carbocycles. The SMILES string of the molecule is COc1ccc([C@@H]2OC[C@H]3[C@@H]2CO[C@H]3c2ccccc2)cc1. The van der Waals surface area contributed by atoms with Crippen molar-refractivity contribution in [2.45, 2.75) is 12.2 Å². The highest BCUT2D eigenvalue weighted by Gasteiger charge is 2.47. The van der Waals surface area contributed by atoms with Crippen LogP contribution in [0, 0.1) is 11.8 Å². The molecule has 0 bridgehead atoms. The summed E-state index contributed by atoms with van der Waals surface area (Å²) in [5.74, 6) is 1.75. The minimum absolute atomic E-state index is 0.129. The van der Waals surface area contributed by atoms with E-state index >= 15 is 0 Å². The summed E-state index contributed by atoms with van der Waals surface area (Å²) in [7, 11) is 1.69. The van der Waals surface area contributed by atoms with Crippen LogP contribution in [0.2, 0.25) is 0 Å². The van der Waals surface area contributed by atoms with Crippen LogP contribution in [-0.4, -0.2) is 20.3 Å². The van der Waals surface area contributed by atoms with Crippen LogP contribution < -0.4 is 4.74 Å². The molecular formula is C19H20O3. The van der Waals surface area contributed by atoms with Gasteiger partial charge in [0.2, 0.25) is 0 Å². The van der Waals surface area contributed by atoms with Crippen LogP contribution in [0.25, 0.3) is 0 Å². The minimum atomic E-state index is 0.129. The first-order valence-corrected chi connectivity index (χ1v) is 7.79. The first-order chi connectivity index (χ1) is 10.9. The Morgan fingerprint density at radius 3 is 1.86 bits per heavy atom. The third-order valence-corrected chi connectivity index (χ3v) is 4.84. The van der Waals surface area contributed by atoms with E-state index in [1.54, 1.807) is 7.11 Å². The molecule has 2 aliphatic heterocycles. The predicted octanol–water partition coefficient (Wildman–Crippen LogP) is 3.77. The number of ether oxygens (including phenoxy) is 3. The fourth-order valence-corrected chi connectivity index (χ4v) is 3.67. The molecule has 0 aromatic heterocycles. The lowest BCUT2D eigenvalue weighted by atomic mass is 9.85. The first kappa shape index (κ1) is 13.8. The zero-order chi connectivity index (χ0) is 14.9. The molecule has 2 saturated heterocycles. The van der Waals surface area contributed by atoms with E-state index in [0.717, 1.165) is 19.0 Å². The predicted molar refractivity (Wildman–Crippen MR) is 83.8 cm³/mol. The van der Waals surface area contributed by atoms with E-state index in [1.807, 2.05) is 18.2 Å². The maximum atomic E-state index is 6.11. The molecule has 0 saturated carbocycles. The van der Waals surface area contributed by atoms with Gasteiger partial charge in [-0.1, -0.05) is 42.5 Å². The van der Waals surface area contributed by atoms with Crippen LogP contribution in [0.5, 0.6) is 5.75 Å². The molecule has 3 heteroatoms. The number of hydrogen-bond acceptors (Lipinski definition) is 3. The number of fused-ring (bicyclic) bond motifs is 1. The van der Waals surface area contributed by atoms with Crippen molar-refractivity contribution in [2.24, 2.45) is 11.8 Å². The van der Waals surface area contributed by atoms with Gasteiger partial charge < -0.3 is 14.2 Å². The Morgan fingerprint density at radius 2 is 1.32 bits per heavy atom. The van der Waals surface area contributed by atoms with Gasteiger partial charge in [-0.25, -0.2) is 0 Å². The highest BCUT2D eigenvalue weighted by molar-refractivity contribution is 5.30. The summed E-state index contributed by atoms with van der Waals surface area (Å²) in [6, 6.07) is 18.7. The molecule has 114 valence electrons. The van der Waals surface area contributed by atoms with Gasteiger partial charge in [-0.2, -0.15) is 0 Å². The van der Waals surface area contributed by atoms with Crippen LogP contribution in [0.1, 0.15) is 23.3 Å². The van der Waals surface area contributed by atoms with E-state index in [1.165, 1.54) is 11.1 Å². The molecule has 4 rings (SSSR count). The molecular weight excluding hydrogens is 276 g/mol. The zero-order valence-corrected chi connectivity index (χ0v) is 12.6. The Balaban J connectivity index is 1.55. The topological polar surface area (TPSA) is 27.7 Å². The molecule has 0 spiro atoms. The van der Waals surface area contributed by atoms with Crippen LogP contribution in [0.3, 0.4) is 0 Å². The monoisotopic (exact) mass is 296 g/mol. The standard InChI is InChI=1S/C19H20O3/c1-20-15-9-7-14(8-10-15)19-17-12-21-18(16(17)11-22-19)13-5-3-2-4-6-13/h2-10,16-19H,11-12H2,1H3/t16-,17-,18-,19-/m0/s1. The Bertz CT molecular complexity index is 623. The molecule has 2 aromatic carbocycles. The molecule has 0 amide bonds. The van der Waals surface area contributed by atoms with E-state index in [2.05, 4.69) is 36.4 Å². The summed E-state index contributed by atoms with van der Waals surface area (Å²) < 4.78 is 17.4. The summed E-state index contributed by atoms with van der Waals surface area (Å²) in [4.78, 5) is 0. The van der Waals surface area contributed by atoms with Gasteiger partial charge in [0.15, 0.2) is 0 Å². The van der Waals surface area contributed by atoms with Gasteiger partial charge in [0.05, 0.1) is 32.5 Å². The van der Waals surface area contributed by atoms with E-state index < -0.39 is 0 Å². The van der Waals surface area contributed by atoms with Crippen molar-refractivity contribution >= 4 is 0 Å². The lowest BCUT2D eigenvalue weighted by molar-refractivity contribution is 0.0193. The normalized spacial score (nSPS) is 30.2. The second kappa shape index (κ2) is 5.75. The Hall–Kier alpha value is -1.84. The second-order valence-corrected chi connectivity index (χ2v) is 6.02.